The number of ether oxygens (including phenoxy) is 2. The van der Waals surface area contributed by atoms with Crippen LogP contribution in [0.4, 0.5) is 0 Å². The van der Waals surface area contributed by atoms with Crippen molar-refractivity contribution >= 4 is 56.5 Å². The number of hydrogen-bond donors (Lipinski definition) is 0. The first kappa shape index (κ1) is 18.1. The molecule has 0 saturated carbocycles. The number of hydrogen-bond acceptors (Lipinski definition) is 4. The summed E-state index contributed by atoms with van der Waals surface area (Å²) < 4.78 is 13.1. The molecule has 0 atom stereocenters. The number of carbonyl (C=O) groups excluding carboxylic acids is 1. The Kier molecular flexibility index (Phi) is 5.90. The fourth-order valence-corrected chi connectivity index (χ4v) is 2.97. The van der Waals surface area contributed by atoms with Crippen LogP contribution < -0.4 is 4.74 Å². The molecule has 0 bridgehead atoms. The van der Waals surface area contributed by atoms with Gasteiger partial charge in [0, 0.05) is 19.2 Å². The molecule has 2 aromatic carbocycles. The van der Waals surface area contributed by atoms with Crippen LogP contribution in [0.2, 0.25) is 0 Å². The van der Waals surface area contributed by atoms with E-state index in [9.17, 15) is 4.79 Å². The molecule has 3 rings (SSSR count). The third-order valence-corrected chi connectivity index (χ3v) is 5.80. The lowest BCUT2D eigenvalue weighted by molar-refractivity contribution is -0.129. The van der Waals surface area contributed by atoms with Crippen LogP contribution in [-0.2, 0) is 9.53 Å². The van der Waals surface area contributed by atoms with Gasteiger partial charge in [-0.05, 0) is 75.3 Å². The van der Waals surface area contributed by atoms with E-state index in [1.807, 2.05) is 49.4 Å². The Morgan fingerprint density at radius 2 is 2.08 bits per heavy atom. The SMILES string of the molecule is CCCOc1ccccc1/C=C1\N=C(c2ccc(I)c(Br)c2)OC1=O. The van der Waals surface area contributed by atoms with Crippen LogP contribution in [0, 0.1) is 3.57 Å². The molecule has 0 aliphatic carbocycles. The van der Waals surface area contributed by atoms with Crippen LogP contribution in [0.5, 0.6) is 5.75 Å². The molecule has 0 radical (unpaired) electrons. The zero-order valence-corrected chi connectivity index (χ0v) is 17.2. The van der Waals surface area contributed by atoms with Gasteiger partial charge >= 0.3 is 5.97 Å². The highest BCUT2D eigenvalue weighted by Gasteiger charge is 2.24. The van der Waals surface area contributed by atoms with E-state index in [4.69, 9.17) is 9.47 Å². The van der Waals surface area contributed by atoms with Crippen LogP contribution in [0.25, 0.3) is 6.08 Å². The molecule has 1 heterocycles. The maximum Gasteiger partial charge on any atom is 0.363 e. The molecule has 0 unspecified atom stereocenters. The van der Waals surface area contributed by atoms with Crippen molar-refractivity contribution in [3.05, 3.63) is 67.3 Å². The van der Waals surface area contributed by atoms with Crippen LogP contribution in [0.3, 0.4) is 0 Å². The number of para-hydroxylation sites is 1. The van der Waals surface area contributed by atoms with Gasteiger partial charge in [0.15, 0.2) is 5.70 Å². The van der Waals surface area contributed by atoms with Gasteiger partial charge in [-0.3, -0.25) is 0 Å². The molecule has 0 amide bonds. The predicted molar refractivity (Wildman–Crippen MR) is 110 cm³/mol. The van der Waals surface area contributed by atoms with Crippen molar-refractivity contribution in [2.45, 2.75) is 13.3 Å². The van der Waals surface area contributed by atoms with Gasteiger partial charge < -0.3 is 9.47 Å². The molecule has 2 aromatic rings. The van der Waals surface area contributed by atoms with Crippen molar-refractivity contribution in [2.75, 3.05) is 6.61 Å². The van der Waals surface area contributed by atoms with E-state index in [2.05, 4.69) is 43.5 Å². The summed E-state index contributed by atoms with van der Waals surface area (Å²) >= 11 is 5.70. The molecule has 6 heteroatoms. The second-order valence-corrected chi connectivity index (χ2v) is 7.37. The lowest BCUT2D eigenvalue weighted by Crippen LogP contribution is -2.05. The van der Waals surface area contributed by atoms with Gasteiger partial charge in [0.1, 0.15) is 5.75 Å². The number of benzene rings is 2. The Balaban J connectivity index is 1.92. The first-order chi connectivity index (χ1) is 12.1. The van der Waals surface area contributed by atoms with Crippen molar-refractivity contribution in [3.8, 4) is 5.75 Å². The van der Waals surface area contributed by atoms with Gasteiger partial charge in [0.05, 0.1) is 6.61 Å². The molecule has 0 aromatic heterocycles. The molecule has 0 saturated heterocycles. The number of nitrogens with zero attached hydrogens (tertiary/aromatic N) is 1. The van der Waals surface area contributed by atoms with Crippen molar-refractivity contribution in [1.82, 2.24) is 0 Å². The lowest BCUT2D eigenvalue weighted by atomic mass is 10.1. The van der Waals surface area contributed by atoms with E-state index in [1.165, 1.54) is 0 Å². The maximum absolute atomic E-state index is 12.2. The van der Waals surface area contributed by atoms with Gasteiger partial charge in [-0.2, -0.15) is 0 Å². The first-order valence-electron chi connectivity index (χ1n) is 7.78. The van der Waals surface area contributed by atoms with Gasteiger partial charge in [-0.1, -0.05) is 25.1 Å². The van der Waals surface area contributed by atoms with Crippen LogP contribution >= 0.6 is 38.5 Å². The number of rotatable bonds is 5. The molecule has 1 aliphatic heterocycles. The number of cyclic esters (lactones) is 1. The smallest absolute Gasteiger partial charge is 0.363 e. The Labute approximate surface area is 168 Å². The highest BCUT2D eigenvalue weighted by Crippen LogP contribution is 2.26. The third kappa shape index (κ3) is 4.30. The number of carbonyl (C=O) groups is 1. The number of aliphatic imine (C=N–C) groups is 1. The lowest BCUT2D eigenvalue weighted by Gasteiger charge is -2.07. The second-order valence-electron chi connectivity index (χ2n) is 5.35. The van der Waals surface area contributed by atoms with Crippen LogP contribution in [0.15, 0.2) is 57.6 Å². The Morgan fingerprint density at radius 1 is 1.28 bits per heavy atom. The Morgan fingerprint density at radius 3 is 2.84 bits per heavy atom. The zero-order valence-electron chi connectivity index (χ0n) is 13.5. The van der Waals surface area contributed by atoms with Gasteiger partial charge in [-0.15, -0.1) is 0 Å². The summed E-state index contributed by atoms with van der Waals surface area (Å²) in [5, 5.41) is 0. The summed E-state index contributed by atoms with van der Waals surface area (Å²) in [6.07, 6.45) is 2.61. The summed E-state index contributed by atoms with van der Waals surface area (Å²) in [7, 11) is 0. The highest BCUT2D eigenvalue weighted by atomic mass is 127. The van der Waals surface area contributed by atoms with E-state index >= 15 is 0 Å². The quantitative estimate of drug-likeness (QED) is 0.315. The summed E-state index contributed by atoms with van der Waals surface area (Å²) in [5.74, 6) is 0.570. The van der Waals surface area contributed by atoms with Gasteiger partial charge in [-0.25, -0.2) is 9.79 Å². The average molecular weight is 512 g/mol. The number of esters is 1. The van der Waals surface area contributed by atoms with Gasteiger partial charge in [0.2, 0.25) is 5.90 Å². The molecule has 0 N–H and O–H groups in total. The standard InChI is InChI=1S/C19H15BrINO3/c1-2-9-24-17-6-4-3-5-12(17)11-16-19(23)25-18(22-16)13-7-8-15(21)14(20)10-13/h3-8,10-11H,2,9H2,1H3/b16-11-. The number of halogens is 2. The first-order valence-corrected chi connectivity index (χ1v) is 9.65. The molecule has 0 spiro atoms. The normalized spacial score (nSPS) is 15.2. The molecule has 1 aliphatic rings. The summed E-state index contributed by atoms with van der Waals surface area (Å²) in [4.78, 5) is 16.5. The second kappa shape index (κ2) is 8.14. The molecule has 128 valence electrons. The van der Waals surface area contributed by atoms with E-state index in [-0.39, 0.29) is 5.70 Å². The van der Waals surface area contributed by atoms with Crippen molar-refractivity contribution in [1.29, 1.82) is 0 Å². The Bertz CT molecular complexity index is 877. The highest BCUT2D eigenvalue weighted by molar-refractivity contribution is 14.1. The van der Waals surface area contributed by atoms with Gasteiger partial charge in [0.25, 0.3) is 0 Å². The van der Waals surface area contributed by atoms with E-state index in [0.29, 0.717) is 12.5 Å². The van der Waals surface area contributed by atoms with E-state index in [0.717, 1.165) is 31.3 Å². The summed E-state index contributed by atoms with van der Waals surface area (Å²) in [6, 6.07) is 13.3. The molecular formula is C19H15BrINO3. The van der Waals surface area contributed by atoms with Crippen LogP contribution in [0.1, 0.15) is 24.5 Å². The van der Waals surface area contributed by atoms with E-state index in [1.54, 1.807) is 6.08 Å². The molecular weight excluding hydrogens is 497 g/mol. The Hall–Kier alpha value is -1.67. The van der Waals surface area contributed by atoms with Crippen molar-refractivity contribution < 1.29 is 14.3 Å². The van der Waals surface area contributed by atoms with Crippen molar-refractivity contribution in [2.24, 2.45) is 4.99 Å². The largest absolute Gasteiger partial charge is 0.493 e. The molecule has 4 nitrogen and oxygen atoms in total. The zero-order chi connectivity index (χ0) is 17.8. The predicted octanol–water partition coefficient (Wildman–Crippen LogP) is 5.19. The topological polar surface area (TPSA) is 47.9 Å². The third-order valence-electron chi connectivity index (χ3n) is 3.46. The minimum atomic E-state index is -0.463. The summed E-state index contributed by atoms with van der Waals surface area (Å²) in [5.41, 5.74) is 1.81. The monoisotopic (exact) mass is 511 g/mol. The average Bonchev–Trinajstić information content (AvgIpc) is 2.97. The van der Waals surface area contributed by atoms with Crippen molar-refractivity contribution in [3.63, 3.8) is 0 Å². The fourth-order valence-electron chi connectivity index (χ4n) is 2.25. The maximum atomic E-state index is 12.2. The van der Waals surface area contributed by atoms with Crippen LogP contribution in [-0.4, -0.2) is 18.5 Å². The fraction of sp³-hybridized carbons (Fsp3) is 0.158. The van der Waals surface area contributed by atoms with E-state index < -0.39 is 5.97 Å². The minimum absolute atomic E-state index is 0.261. The summed E-state index contributed by atoms with van der Waals surface area (Å²) in [6.45, 7) is 2.67. The molecule has 0 fully saturated rings. The molecule has 25 heavy (non-hydrogen) atoms. The minimum Gasteiger partial charge on any atom is -0.493 e.